The molecule has 0 aliphatic rings. The maximum atomic E-state index is 12.9. The molecule has 6 nitrogen and oxygen atoms in total. The van der Waals surface area contributed by atoms with Crippen molar-refractivity contribution in [1.29, 1.82) is 0 Å². The third kappa shape index (κ3) is 5.18. The summed E-state index contributed by atoms with van der Waals surface area (Å²) in [5.74, 6) is 0.439. The number of hydrogen-bond donors (Lipinski definition) is 1. The first kappa shape index (κ1) is 21.4. The Labute approximate surface area is 177 Å². The largest absolute Gasteiger partial charge is 0.497 e. The number of anilines is 1. The van der Waals surface area contributed by atoms with Crippen LogP contribution >= 0.6 is 0 Å². The van der Waals surface area contributed by atoms with Gasteiger partial charge in [0.15, 0.2) is 0 Å². The van der Waals surface area contributed by atoms with Crippen LogP contribution in [0.5, 0.6) is 5.75 Å². The van der Waals surface area contributed by atoms with Gasteiger partial charge in [0.05, 0.1) is 12.0 Å². The zero-order valence-corrected chi connectivity index (χ0v) is 17.9. The average Bonchev–Trinajstić information content (AvgIpc) is 2.73. The number of aryl methyl sites for hydroxylation is 1. The maximum absolute atomic E-state index is 12.9. The molecular formula is C23H24N2O4S. The number of rotatable bonds is 7. The third-order valence-corrected chi connectivity index (χ3v) is 5.94. The van der Waals surface area contributed by atoms with Crippen molar-refractivity contribution < 1.29 is 17.9 Å². The van der Waals surface area contributed by atoms with Crippen LogP contribution in [0, 0.1) is 6.92 Å². The lowest BCUT2D eigenvalue weighted by Crippen LogP contribution is -2.26. The highest BCUT2D eigenvalue weighted by molar-refractivity contribution is 7.92. The van der Waals surface area contributed by atoms with Crippen molar-refractivity contribution >= 4 is 21.6 Å². The van der Waals surface area contributed by atoms with E-state index in [1.807, 2.05) is 37.3 Å². The van der Waals surface area contributed by atoms with Crippen LogP contribution < -0.4 is 9.46 Å². The summed E-state index contributed by atoms with van der Waals surface area (Å²) in [5, 5.41) is 0. The second-order valence-electron chi connectivity index (χ2n) is 7.02. The highest BCUT2D eigenvalue weighted by Crippen LogP contribution is 2.20. The Kier molecular flexibility index (Phi) is 6.42. The van der Waals surface area contributed by atoms with Gasteiger partial charge in [0.2, 0.25) is 0 Å². The van der Waals surface area contributed by atoms with Gasteiger partial charge >= 0.3 is 0 Å². The Morgan fingerprint density at radius 2 is 1.73 bits per heavy atom. The van der Waals surface area contributed by atoms with E-state index in [4.69, 9.17) is 4.74 Å². The molecule has 0 saturated carbocycles. The van der Waals surface area contributed by atoms with E-state index < -0.39 is 10.0 Å². The standard InChI is InChI=1S/C23H24N2O4S/c1-17-7-4-10-20(13-17)24-30(27,28)22-12-6-9-19(15-22)23(26)25(2)16-18-8-5-11-21(14-18)29-3/h4-15,24H,16H2,1-3H3. The highest BCUT2D eigenvalue weighted by Gasteiger charge is 2.18. The minimum Gasteiger partial charge on any atom is -0.497 e. The van der Waals surface area contributed by atoms with Crippen LogP contribution in [0.3, 0.4) is 0 Å². The second kappa shape index (κ2) is 9.00. The predicted molar refractivity (Wildman–Crippen MR) is 117 cm³/mol. The molecule has 3 aromatic rings. The Morgan fingerprint density at radius 3 is 2.47 bits per heavy atom. The molecule has 1 amide bonds. The normalized spacial score (nSPS) is 11.0. The molecule has 0 spiro atoms. The Hall–Kier alpha value is -3.32. The molecule has 0 bridgehead atoms. The fraction of sp³-hybridized carbons (Fsp3) is 0.174. The van der Waals surface area contributed by atoms with Crippen molar-refractivity contribution in [3.05, 3.63) is 89.5 Å². The SMILES string of the molecule is COc1cccc(CN(C)C(=O)c2cccc(S(=O)(=O)Nc3cccc(C)c3)c2)c1. The van der Waals surface area contributed by atoms with E-state index in [1.165, 1.54) is 17.0 Å². The summed E-state index contributed by atoms with van der Waals surface area (Å²) >= 11 is 0. The van der Waals surface area contributed by atoms with Gasteiger partial charge in [-0.05, 0) is 60.5 Å². The fourth-order valence-corrected chi connectivity index (χ4v) is 4.15. The van der Waals surface area contributed by atoms with Gasteiger partial charge in [-0.2, -0.15) is 0 Å². The van der Waals surface area contributed by atoms with E-state index in [-0.39, 0.29) is 10.8 Å². The molecule has 3 rings (SSSR count). The van der Waals surface area contributed by atoms with Crippen molar-refractivity contribution in [3.63, 3.8) is 0 Å². The minimum absolute atomic E-state index is 0.0321. The van der Waals surface area contributed by atoms with Crippen LogP contribution in [0.2, 0.25) is 0 Å². The summed E-state index contributed by atoms with van der Waals surface area (Å²) < 4.78 is 33.3. The van der Waals surface area contributed by atoms with Crippen LogP contribution in [0.25, 0.3) is 0 Å². The molecule has 156 valence electrons. The molecule has 0 heterocycles. The maximum Gasteiger partial charge on any atom is 0.261 e. The molecule has 3 aromatic carbocycles. The van der Waals surface area contributed by atoms with Gasteiger partial charge in [-0.25, -0.2) is 8.42 Å². The van der Waals surface area contributed by atoms with Crippen molar-refractivity contribution in [2.24, 2.45) is 0 Å². The number of benzene rings is 3. The predicted octanol–water partition coefficient (Wildman–Crippen LogP) is 4.08. The Morgan fingerprint density at radius 1 is 1.00 bits per heavy atom. The molecule has 0 atom stereocenters. The highest BCUT2D eigenvalue weighted by atomic mass is 32.2. The summed E-state index contributed by atoms with van der Waals surface area (Å²) in [6.45, 7) is 2.25. The third-order valence-electron chi connectivity index (χ3n) is 4.56. The van der Waals surface area contributed by atoms with Crippen molar-refractivity contribution in [1.82, 2.24) is 4.90 Å². The topological polar surface area (TPSA) is 75.7 Å². The number of nitrogens with zero attached hydrogens (tertiary/aromatic N) is 1. The van der Waals surface area contributed by atoms with Gasteiger partial charge in [0.1, 0.15) is 5.75 Å². The number of hydrogen-bond acceptors (Lipinski definition) is 4. The van der Waals surface area contributed by atoms with Crippen molar-refractivity contribution in [2.75, 3.05) is 18.9 Å². The number of methoxy groups -OCH3 is 1. The summed E-state index contributed by atoms with van der Waals surface area (Å²) in [5.41, 5.74) is 2.63. The summed E-state index contributed by atoms with van der Waals surface area (Å²) in [6.07, 6.45) is 0. The molecule has 0 radical (unpaired) electrons. The zero-order valence-electron chi connectivity index (χ0n) is 17.1. The van der Waals surface area contributed by atoms with Crippen LogP contribution in [-0.4, -0.2) is 33.4 Å². The number of amides is 1. The lowest BCUT2D eigenvalue weighted by Gasteiger charge is -2.18. The number of ether oxygens (including phenoxy) is 1. The van der Waals surface area contributed by atoms with Crippen LogP contribution in [0.15, 0.2) is 77.7 Å². The lowest BCUT2D eigenvalue weighted by molar-refractivity contribution is 0.0784. The molecule has 0 aliphatic carbocycles. The molecule has 30 heavy (non-hydrogen) atoms. The van der Waals surface area contributed by atoms with E-state index in [9.17, 15) is 13.2 Å². The van der Waals surface area contributed by atoms with Crippen molar-refractivity contribution in [3.8, 4) is 5.75 Å². The number of nitrogens with one attached hydrogen (secondary N) is 1. The molecule has 0 saturated heterocycles. The minimum atomic E-state index is -3.82. The molecule has 0 fully saturated rings. The first-order valence-corrected chi connectivity index (χ1v) is 10.8. The van der Waals surface area contributed by atoms with E-state index in [0.29, 0.717) is 23.5 Å². The average molecular weight is 425 g/mol. The van der Waals surface area contributed by atoms with Gasteiger partial charge in [-0.15, -0.1) is 0 Å². The fourth-order valence-electron chi connectivity index (χ4n) is 3.06. The summed E-state index contributed by atoms with van der Waals surface area (Å²) in [4.78, 5) is 14.4. The first-order valence-electron chi connectivity index (χ1n) is 9.36. The lowest BCUT2D eigenvalue weighted by atomic mass is 10.1. The Balaban J connectivity index is 1.78. The number of carbonyl (C=O) groups is 1. The smallest absolute Gasteiger partial charge is 0.261 e. The monoisotopic (exact) mass is 424 g/mol. The molecule has 0 aromatic heterocycles. The number of carbonyl (C=O) groups excluding carboxylic acids is 1. The molecule has 7 heteroatoms. The van der Waals surface area contributed by atoms with Gasteiger partial charge < -0.3 is 9.64 Å². The van der Waals surface area contributed by atoms with Gasteiger partial charge in [0.25, 0.3) is 15.9 Å². The van der Waals surface area contributed by atoms with Crippen LogP contribution in [0.4, 0.5) is 5.69 Å². The molecule has 1 N–H and O–H groups in total. The van der Waals surface area contributed by atoms with E-state index >= 15 is 0 Å². The molecule has 0 aliphatic heterocycles. The summed E-state index contributed by atoms with van der Waals surface area (Å²) in [6, 6.07) is 20.6. The summed E-state index contributed by atoms with van der Waals surface area (Å²) in [7, 11) is -0.554. The van der Waals surface area contributed by atoms with E-state index in [0.717, 1.165) is 11.1 Å². The van der Waals surface area contributed by atoms with E-state index in [1.54, 1.807) is 44.5 Å². The molecule has 0 unspecified atom stereocenters. The van der Waals surface area contributed by atoms with Crippen molar-refractivity contribution in [2.45, 2.75) is 18.4 Å². The van der Waals surface area contributed by atoms with Crippen LogP contribution in [-0.2, 0) is 16.6 Å². The van der Waals surface area contributed by atoms with Gasteiger partial charge in [0, 0.05) is 24.8 Å². The van der Waals surface area contributed by atoms with Gasteiger partial charge in [-0.1, -0.05) is 30.3 Å². The van der Waals surface area contributed by atoms with Crippen LogP contribution in [0.1, 0.15) is 21.5 Å². The second-order valence-corrected chi connectivity index (χ2v) is 8.70. The quantitative estimate of drug-likeness (QED) is 0.620. The van der Waals surface area contributed by atoms with Gasteiger partial charge in [-0.3, -0.25) is 9.52 Å². The van der Waals surface area contributed by atoms with E-state index in [2.05, 4.69) is 4.72 Å². The zero-order chi connectivity index (χ0) is 21.7. The molecular weight excluding hydrogens is 400 g/mol. The first-order chi connectivity index (χ1) is 14.3. The number of sulfonamides is 1. The Bertz CT molecular complexity index is 1160.